The molecule has 0 aliphatic carbocycles. The van der Waals surface area contributed by atoms with Crippen LogP contribution in [-0.4, -0.2) is 16.7 Å². The van der Waals surface area contributed by atoms with Crippen molar-refractivity contribution in [3.63, 3.8) is 0 Å². The molecule has 4 aromatic rings. The van der Waals surface area contributed by atoms with Gasteiger partial charge in [-0.3, -0.25) is 9.59 Å². The third-order valence-electron chi connectivity index (χ3n) is 4.28. The zero-order chi connectivity index (χ0) is 20.1. The normalized spacial score (nSPS) is 10.9. The van der Waals surface area contributed by atoms with Crippen molar-refractivity contribution in [2.45, 2.75) is 12.8 Å². The quantitative estimate of drug-likeness (QED) is 0.202. The van der Waals surface area contributed by atoms with E-state index in [1.54, 1.807) is 34.0 Å². The minimum absolute atomic E-state index is 0.0655. The molecule has 0 spiro atoms. The van der Waals surface area contributed by atoms with Crippen LogP contribution < -0.4 is 0 Å². The van der Waals surface area contributed by atoms with Crippen LogP contribution in [0.15, 0.2) is 72.1 Å². The molecule has 4 rings (SSSR count). The minimum Gasteiger partial charge on any atom is -0.293 e. The van der Waals surface area contributed by atoms with Gasteiger partial charge in [-0.2, -0.15) is 0 Å². The van der Waals surface area contributed by atoms with Gasteiger partial charge in [0.05, 0.1) is 4.88 Å². The first-order valence-corrected chi connectivity index (χ1v) is 12.7. The first-order chi connectivity index (χ1) is 14.2. The molecule has 0 N–H and O–H groups in total. The van der Waals surface area contributed by atoms with Crippen LogP contribution in [0.1, 0.15) is 32.9 Å². The molecule has 0 atom stereocenters. The van der Waals surface area contributed by atoms with Crippen molar-refractivity contribution in [2.75, 3.05) is 5.75 Å². The van der Waals surface area contributed by atoms with Gasteiger partial charge in [-0.15, -0.1) is 34.0 Å². The van der Waals surface area contributed by atoms with Crippen LogP contribution in [0.3, 0.4) is 0 Å². The molecule has 146 valence electrons. The molecule has 0 saturated carbocycles. The predicted molar refractivity (Wildman–Crippen MR) is 128 cm³/mol. The number of Topliss-reactive ketones (excluding diaryl/α,β-unsaturated/α-hetero) is 1. The van der Waals surface area contributed by atoms with Crippen LogP contribution in [0.25, 0.3) is 19.5 Å². The maximum Gasteiger partial charge on any atom is 0.219 e. The Kier molecular flexibility index (Phi) is 6.77. The molecule has 0 bridgehead atoms. The molecular weight excluding hydrogens is 437 g/mol. The Morgan fingerprint density at radius 2 is 1.48 bits per heavy atom. The van der Waals surface area contributed by atoms with Crippen LogP contribution >= 0.6 is 45.8 Å². The van der Waals surface area contributed by atoms with E-state index in [-0.39, 0.29) is 10.9 Å². The molecule has 3 aromatic heterocycles. The average molecular weight is 455 g/mol. The number of thiophene rings is 3. The van der Waals surface area contributed by atoms with Gasteiger partial charge < -0.3 is 0 Å². The fraction of sp³-hybridized carbons (Fsp3) is 0.130. The van der Waals surface area contributed by atoms with Crippen LogP contribution in [-0.2, 0) is 0 Å². The fourth-order valence-corrected chi connectivity index (χ4v) is 6.50. The zero-order valence-electron chi connectivity index (χ0n) is 15.5. The number of thioether (sulfide) groups is 1. The lowest BCUT2D eigenvalue weighted by molar-refractivity contribution is 0.0984. The number of carbonyl (C=O) groups is 2. The van der Waals surface area contributed by atoms with Gasteiger partial charge in [-0.25, -0.2) is 0 Å². The summed E-state index contributed by atoms with van der Waals surface area (Å²) in [7, 11) is 0. The van der Waals surface area contributed by atoms with Gasteiger partial charge in [0, 0.05) is 37.2 Å². The lowest BCUT2D eigenvalue weighted by atomic mass is 10.2. The van der Waals surface area contributed by atoms with E-state index in [1.807, 2.05) is 42.5 Å². The van der Waals surface area contributed by atoms with E-state index >= 15 is 0 Å². The van der Waals surface area contributed by atoms with E-state index < -0.39 is 0 Å². The van der Waals surface area contributed by atoms with Gasteiger partial charge >= 0.3 is 0 Å². The Labute approximate surface area is 186 Å². The highest BCUT2D eigenvalue weighted by molar-refractivity contribution is 8.14. The summed E-state index contributed by atoms with van der Waals surface area (Å²) < 4.78 is 0. The molecule has 0 unspecified atom stereocenters. The molecule has 0 aliphatic heterocycles. The summed E-state index contributed by atoms with van der Waals surface area (Å²) >= 11 is 6.34. The fourth-order valence-electron chi connectivity index (χ4n) is 2.82. The molecule has 2 nitrogen and oxygen atoms in total. The summed E-state index contributed by atoms with van der Waals surface area (Å²) in [6, 6.07) is 21.7. The number of ketones is 1. The molecule has 3 heterocycles. The van der Waals surface area contributed by atoms with Crippen molar-refractivity contribution in [3.8, 4) is 19.5 Å². The zero-order valence-corrected chi connectivity index (χ0v) is 18.8. The number of hydrogen-bond donors (Lipinski definition) is 0. The van der Waals surface area contributed by atoms with Crippen molar-refractivity contribution in [1.82, 2.24) is 0 Å². The standard InChI is InChI=1S/C23H18O2S4/c24-17(8-4-15-27-23(25)16-6-2-1-3-7-16)18-10-11-21(28-18)22-13-12-20(29-22)19-9-5-14-26-19/h1-3,5-7,9-14H,4,8,15H2. The Morgan fingerprint density at radius 3 is 2.24 bits per heavy atom. The molecule has 0 saturated heterocycles. The van der Waals surface area contributed by atoms with E-state index in [0.29, 0.717) is 24.2 Å². The third-order valence-corrected chi connectivity index (χ3v) is 8.75. The van der Waals surface area contributed by atoms with Gasteiger partial charge in [-0.05, 0) is 42.1 Å². The van der Waals surface area contributed by atoms with Crippen LogP contribution in [0, 0.1) is 0 Å². The summed E-state index contributed by atoms with van der Waals surface area (Å²) in [5.74, 6) is 0.816. The van der Waals surface area contributed by atoms with Crippen molar-refractivity contribution in [2.24, 2.45) is 0 Å². The average Bonchev–Trinajstić information content (AvgIpc) is 3.51. The Morgan fingerprint density at radius 1 is 0.759 bits per heavy atom. The van der Waals surface area contributed by atoms with E-state index in [4.69, 9.17) is 0 Å². The Hall–Kier alpha value is -1.99. The predicted octanol–water partition coefficient (Wildman–Crippen LogP) is 7.74. The van der Waals surface area contributed by atoms with E-state index in [0.717, 1.165) is 9.75 Å². The Balaban J connectivity index is 1.29. The molecule has 1 aromatic carbocycles. The first kappa shape index (κ1) is 20.3. The molecular formula is C23H18O2S4. The minimum atomic E-state index is 0.0655. The van der Waals surface area contributed by atoms with E-state index in [1.165, 1.54) is 26.4 Å². The molecule has 0 aliphatic rings. The van der Waals surface area contributed by atoms with Crippen molar-refractivity contribution < 1.29 is 9.59 Å². The number of benzene rings is 1. The topological polar surface area (TPSA) is 34.1 Å². The molecule has 0 radical (unpaired) electrons. The summed E-state index contributed by atoms with van der Waals surface area (Å²) in [4.78, 5) is 30.3. The van der Waals surface area contributed by atoms with Crippen LogP contribution in [0.2, 0.25) is 0 Å². The first-order valence-electron chi connectivity index (χ1n) is 9.20. The summed E-state index contributed by atoms with van der Waals surface area (Å²) in [6.45, 7) is 0. The molecule has 6 heteroatoms. The number of carbonyl (C=O) groups excluding carboxylic acids is 2. The lowest BCUT2D eigenvalue weighted by Gasteiger charge is -2.00. The second-order valence-corrected chi connectivity index (χ2v) is 10.5. The largest absolute Gasteiger partial charge is 0.293 e. The summed E-state index contributed by atoms with van der Waals surface area (Å²) in [6.07, 6.45) is 1.18. The van der Waals surface area contributed by atoms with Crippen molar-refractivity contribution >= 4 is 56.7 Å². The van der Waals surface area contributed by atoms with Gasteiger partial charge in [0.2, 0.25) is 5.12 Å². The summed E-state index contributed by atoms with van der Waals surface area (Å²) in [5, 5.41) is 2.15. The molecule has 0 fully saturated rings. The van der Waals surface area contributed by atoms with Gasteiger partial charge in [0.1, 0.15) is 0 Å². The smallest absolute Gasteiger partial charge is 0.219 e. The molecule has 29 heavy (non-hydrogen) atoms. The van der Waals surface area contributed by atoms with Gasteiger partial charge in [0.15, 0.2) is 5.78 Å². The third kappa shape index (κ3) is 5.14. The lowest BCUT2D eigenvalue weighted by Crippen LogP contribution is -1.99. The maximum atomic E-state index is 12.5. The van der Waals surface area contributed by atoms with Gasteiger partial charge in [0.25, 0.3) is 0 Å². The highest BCUT2D eigenvalue weighted by atomic mass is 32.2. The van der Waals surface area contributed by atoms with Crippen molar-refractivity contribution in [1.29, 1.82) is 0 Å². The number of hydrogen-bond acceptors (Lipinski definition) is 6. The van der Waals surface area contributed by atoms with Gasteiger partial charge in [-0.1, -0.05) is 48.2 Å². The monoisotopic (exact) mass is 454 g/mol. The second kappa shape index (κ2) is 9.67. The van der Waals surface area contributed by atoms with E-state index in [2.05, 4.69) is 29.6 Å². The Bertz CT molecular complexity index is 1090. The maximum absolute atomic E-state index is 12.5. The van der Waals surface area contributed by atoms with Crippen molar-refractivity contribution in [3.05, 3.63) is 82.6 Å². The SMILES string of the molecule is O=C(SCCCC(=O)c1ccc(-c2ccc(-c3cccs3)s2)s1)c1ccccc1. The van der Waals surface area contributed by atoms with E-state index in [9.17, 15) is 9.59 Å². The number of rotatable bonds is 8. The highest BCUT2D eigenvalue weighted by Gasteiger charge is 2.13. The highest BCUT2D eigenvalue weighted by Crippen LogP contribution is 2.39. The second-order valence-electron chi connectivity index (χ2n) is 6.33. The van der Waals surface area contributed by atoms with Crippen LogP contribution in [0.4, 0.5) is 0 Å². The molecule has 0 amide bonds. The summed E-state index contributed by atoms with van der Waals surface area (Å²) in [5.41, 5.74) is 0.713. The van der Waals surface area contributed by atoms with Crippen LogP contribution in [0.5, 0.6) is 0 Å².